The summed E-state index contributed by atoms with van der Waals surface area (Å²) in [6.07, 6.45) is -3.52. The maximum Gasteiger partial charge on any atom is 0.113 e. The fourth-order valence-electron chi connectivity index (χ4n) is 0.525. The maximum atomic E-state index is 9.03. The molecule has 4 N–H and O–H groups in total. The highest BCUT2D eigenvalue weighted by Crippen LogP contribution is 2.00. The van der Waals surface area contributed by atoms with Gasteiger partial charge in [-0.2, -0.15) is 0 Å². The number of hydrogen-bond acceptors (Lipinski definition) is 5. The van der Waals surface area contributed by atoms with Gasteiger partial charge in [0.15, 0.2) is 0 Å². The van der Waals surface area contributed by atoms with Crippen molar-refractivity contribution in [1.29, 1.82) is 0 Å². The van der Waals surface area contributed by atoms with Gasteiger partial charge in [0.25, 0.3) is 0 Å². The van der Waals surface area contributed by atoms with E-state index >= 15 is 0 Å². The third kappa shape index (κ3) is 3.22. The molecular formula is C6H12O4S. The zero-order valence-electron chi connectivity index (χ0n) is 6.14. The van der Waals surface area contributed by atoms with Crippen LogP contribution in [0.1, 0.15) is 6.92 Å². The minimum Gasteiger partial charge on any atom is -0.393 e. The first-order valence-electron chi connectivity index (χ1n) is 3.19. The van der Waals surface area contributed by atoms with E-state index in [0.29, 0.717) is 0 Å². The predicted octanol–water partition coefficient (Wildman–Crippen LogP) is -1.55. The van der Waals surface area contributed by atoms with Crippen molar-refractivity contribution in [2.45, 2.75) is 25.2 Å². The second-order valence-corrected chi connectivity index (χ2v) is 2.76. The summed E-state index contributed by atoms with van der Waals surface area (Å²) in [5, 5.41) is 35.1. The number of thiocarbonyl (C=S) groups is 1. The van der Waals surface area contributed by atoms with Crippen LogP contribution in [0.3, 0.4) is 0 Å². The van der Waals surface area contributed by atoms with Crippen LogP contribution >= 0.6 is 12.2 Å². The normalized spacial score (nSPS) is 19.0. The van der Waals surface area contributed by atoms with E-state index in [2.05, 4.69) is 12.2 Å². The van der Waals surface area contributed by atoms with Crippen molar-refractivity contribution in [3.8, 4) is 0 Å². The topological polar surface area (TPSA) is 80.9 Å². The van der Waals surface area contributed by atoms with Gasteiger partial charge in [0.2, 0.25) is 0 Å². The molecule has 0 saturated carbocycles. The van der Waals surface area contributed by atoms with Crippen LogP contribution in [0, 0.1) is 0 Å². The van der Waals surface area contributed by atoms with Gasteiger partial charge in [-0.05, 0) is 6.92 Å². The van der Waals surface area contributed by atoms with Crippen LogP contribution < -0.4 is 0 Å². The van der Waals surface area contributed by atoms with E-state index in [-0.39, 0.29) is 4.86 Å². The largest absolute Gasteiger partial charge is 0.393 e. The zero-order valence-corrected chi connectivity index (χ0v) is 6.95. The Morgan fingerprint density at radius 2 is 1.82 bits per heavy atom. The smallest absolute Gasteiger partial charge is 0.113 e. The zero-order chi connectivity index (χ0) is 9.02. The van der Waals surface area contributed by atoms with Crippen LogP contribution in [-0.2, 0) is 0 Å². The lowest BCUT2D eigenvalue weighted by Gasteiger charge is -2.17. The third-order valence-corrected chi connectivity index (χ3v) is 1.76. The molecule has 0 aromatic heterocycles. The maximum absolute atomic E-state index is 9.03. The SMILES string of the molecule is C[C@@H](O)[C@H](O)C(=S)[C@@H](O)CO. The molecule has 0 unspecified atom stereocenters. The second-order valence-electron chi connectivity index (χ2n) is 2.29. The van der Waals surface area contributed by atoms with E-state index in [4.69, 9.17) is 20.4 Å². The average Bonchev–Trinajstić information content (AvgIpc) is 2.00. The molecule has 11 heavy (non-hydrogen) atoms. The summed E-state index contributed by atoms with van der Waals surface area (Å²) in [6, 6.07) is 0. The Kier molecular flexibility index (Phi) is 4.71. The molecule has 0 saturated heterocycles. The van der Waals surface area contributed by atoms with Crippen molar-refractivity contribution in [3.05, 3.63) is 0 Å². The Balaban J connectivity index is 4.02. The fraction of sp³-hybridized carbons (Fsp3) is 0.833. The lowest BCUT2D eigenvalue weighted by Crippen LogP contribution is -2.39. The average molecular weight is 180 g/mol. The van der Waals surface area contributed by atoms with Gasteiger partial charge in [-0.1, -0.05) is 12.2 Å². The summed E-state index contributed by atoms with van der Waals surface area (Å²) in [4.78, 5) is -0.137. The summed E-state index contributed by atoms with van der Waals surface area (Å²) in [6.45, 7) is 0.809. The van der Waals surface area contributed by atoms with Crippen LogP contribution in [0.25, 0.3) is 0 Å². The van der Waals surface area contributed by atoms with Crippen LogP contribution in [0.2, 0.25) is 0 Å². The highest BCUT2D eigenvalue weighted by Gasteiger charge is 2.22. The summed E-state index contributed by atoms with van der Waals surface area (Å²) >= 11 is 4.55. The molecule has 0 radical (unpaired) electrons. The summed E-state index contributed by atoms with van der Waals surface area (Å²) in [5.41, 5.74) is 0. The standard InChI is InChI=1S/C6H12O4S/c1-3(8)5(10)6(11)4(9)2-7/h3-5,7-10H,2H2,1H3/t3-,4+,5+/m1/s1. The van der Waals surface area contributed by atoms with Crippen molar-refractivity contribution in [2.75, 3.05) is 6.61 Å². The molecule has 0 amide bonds. The summed E-state index contributed by atoms with van der Waals surface area (Å²) in [5.74, 6) is 0. The molecule has 0 heterocycles. The Labute approximate surface area is 70.1 Å². The molecule has 0 aromatic rings. The molecule has 0 fully saturated rings. The van der Waals surface area contributed by atoms with Gasteiger partial charge in [0.1, 0.15) is 12.2 Å². The van der Waals surface area contributed by atoms with E-state index in [1.807, 2.05) is 0 Å². The van der Waals surface area contributed by atoms with E-state index in [1.165, 1.54) is 6.92 Å². The molecule has 0 aliphatic heterocycles. The highest BCUT2D eigenvalue weighted by atomic mass is 32.1. The van der Waals surface area contributed by atoms with Gasteiger partial charge in [-0.15, -0.1) is 0 Å². The summed E-state index contributed by atoms with van der Waals surface area (Å²) < 4.78 is 0. The first-order valence-corrected chi connectivity index (χ1v) is 3.60. The fourth-order valence-corrected chi connectivity index (χ4v) is 0.796. The third-order valence-electron chi connectivity index (χ3n) is 1.25. The Morgan fingerprint density at radius 3 is 2.09 bits per heavy atom. The molecule has 4 nitrogen and oxygen atoms in total. The first kappa shape index (κ1) is 10.9. The molecule has 3 atom stereocenters. The molecule has 0 bridgehead atoms. The molecule has 0 aliphatic rings. The first-order chi connectivity index (χ1) is 5.00. The van der Waals surface area contributed by atoms with Gasteiger partial charge < -0.3 is 20.4 Å². The van der Waals surface area contributed by atoms with E-state index < -0.39 is 24.9 Å². The predicted molar refractivity (Wildman–Crippen MR) is 43.4 cm³/mol. The van der Waals surface area contributed by atoms with Crippen LogP contribution in [-0.4, -0.2) is 50.2 Å². The quantitative estimate of drug-likeness (QED) is 0.394. The van der Waals surface area contributed by atoms with Gasteiger partial charge >= 0.3 is 0 Å². The molecule has 0 aliphatic carbocycles. The van der Waals surface area contributed by atoms with Crippen molar-refractivity contribution >= 4 is 17.1 Å². The minimum absolute atomic E-state index is 0.137. The van der Waals surface area contributed by atoms with Gasteiger partial charge in [0.05, 0.1) is 17.6 Å². The van der Waals surface area contributed by atoms with Crippen LogP contribution in [0.15, 0.2) is 0 Å². The number of aliphatic hydroxyl groups excluding tert-OH is 4. The van der Waals surface area contributed by atoms with E-state index in [0.717, 1.165) is 0 Å². The minimum atomic E-state index is -1.26. The van der Waals surface area contributed by atoms with Crippen molar-refractivity contribution in [2.24, 2.45) is 0 Å². The van der Waals surface area contributed by atoms with Gasteiger partial charge in [-0.25, -0.2) is 0 Å². The summed E-state index contributed by atoms with van der Waals surface area (Å²) in [7, 11) is 0. The molecule has 0 rings (SSSR count). The van der Waals surface area contributed by atoms with Crippen molar-refractivity contribution in [3.63, 3.8) is 0 Å². The monoisotopic (exact) mass is 180 g/mol. The lowest BCUT2D eigenvalue weighted by molar-refractivity contribution is 0.0620. The second kappa shape index (κ2) is 4.74. The Hall–Kier alpha value is -0.0700. The van der Waals surface area contributed by atoms with E-state index in [9.17, 15) is 0 Å². The number of aliphatic hydroxyl groups is 4. The lowest BCUT2D eigenvalue weighted by atomic mass is 10.1. The molecule has 0 spiro atoms. The molecule has 0 aromatic carbocycles. The van der Waals surface area contributed by atoms with Crippen molar-refractivity contribution < 1.29 is 20.4 Å². The highest BCUT2D eigenvalue weighted by molar-refractivity contribution is 7.80. The Bertz CT molecular complexity index is 137. The van der Waals surface area contributed by atoms with E-state index in [1.54, 1.807) is 0 Å². The number of rotatable bonds is 4. The molecular weight excluding hydrogens is 168 g/mol. The van der Waals surface area contributed by atoms with Gasteiger partial charge in [-0.3, -0.25) is 0 Å². The van der Waals surface area contributed by atoms with Crippen LogP contribution in [0.5, 0.6) is 0 Å². The number of hydrogen-bond donors (Lipinski definition) is 4. The van der Waals surface area contributed by atoms with Crippen LogP contribution in [0.4, 0.5) is 0 Å². The Morgan fingerprint density at radius 1 is 1.36 bits per heavy atom. The van der Waals surface area contributed by atoms with Gasteiger partial charge in [0, 0.05) is 0 Å². The molecule has 5 heteroatoms. The molecule has 66 valence electrons. The van der Waals surface area contributed by atoms with Crippen molar-refractivity contribution in [1.82, 2.24) is 0 Å².